The number of carbonyl (C=O) groups excluding carboxylic acids is 3. The summed E-state index contributed by atoms with van der Waals surface area (Å²) in [5, 5.41) is 14.6. The fourth-order valence-electron chi connectivity index (χ4n) is 8.25. The van der Waals surface area contributed by atoms with Crippen LogP contribution in [0.2, 0.25) is 0 Å². The molecule has 0 radical (unpaired) electrons. The van der Waals surface area contributed by atoms with Crippen LogP contribution in [-0.4, -0.2) is 86.4 Å². The second-order valence-corrected chi connectivity index (χ2v) is 19.4. The van der Waals surface area contributed by atoms with Gasteiger partial charge in [-0.05, 0) is 116 Å². The van der Waals surface area contributed by atoms with E-state index in [0.29, 0.717) is 45.2 Å². The lowest BCUT2D eigenvalue weighted by atomic mass is 9.93. The summed E-state index contributed by atoms with van der Waals surface area (Å²) in [6, 6.07) is 0. The Labute approximate surface area is 417 Å². The van der Waals surface area contributed by atoms with Gasteiger partial charge in [0.05, 0.1) is 5.41 Å². The molecular weight excluding hydrogens is 853 g/mol. The summed E-state index contributed by atoms with van der Waals surface area (Å²) in [6.07, 6.45) is 48.3. The highest BCUT2D eigenvalue weighted by atomic mass is 16.6. The maximum Gasteiger partial charge on any atom is 0.407 e. The smallest absolute Gasteiger partial charge is 0.407 e. The molecule has 10 heteroatoms. The number of carbonyl (C=O) groups is 3. The molecule has 0 saturated heterocycles. The molecule has 1 amide bonds. The number of nitrogens with one attached hydrogen (secondary N) is 1. The number of rotatable bonds is 48. The van der Waals surface area contributed by atoms with Gasteiger partial charge in [-0.25, -0.2) is 4.79 Å². The van der Waals surface area contributed by atoms with Crippen molar-refractivity contribution < 1.29 is 38.4 Å². The largest absolute Gasteiger partial charge is 0.463 e. The first kappa shape index (κ1) is 63.1. The molecule has 0 bridgehead atoms. The first-order chi connectivity index (χ1) is 33.2. The van der Waals surface area contributed by atoms with Gasteiger partial charge in [-0.1, -0.05) is 173 Å². The zero-order chi connectivity index (χ0) is 49.6. The predicted octanol–water partition coefficient (Wildman–Crippen LogP) is 15.0. The van der Waals surface area contributed by atoms with Gasteiger partial charge < -0.3 is 34.3 Å². The molecule has 0 spiro atoms. The predicted molar refractivity (Wildman–Crippen MR) is 283 cm³/mol. The lowest BCUT2D eigenvalue weighted by Crippen LogP contribution is -2.44. The van der Waals surface area contributed by atoms with Crippen LogP contribution >= 0.6 is 0 Å². The Bertz CT molecular complexity index is 1260. The second-order valence-electron chi connectivity index (χ2n) is 19.4. The first-order valence-corrected chi connectivity index (χ1v) is 28.1. The minimum Gasteiger partial charge on any atom is -0.463 e. The molecule has 2 unspecified atom stereocenters. The summed E-state index contributed by atoms with van der Waals surface area (Å²) in [4.78, 5) is 41.1. The van der Waals surface area contributed by atoms with Crippen LogP contribution in [0, 0.1) is 5.41 Å². The molecule has 0 aromatic carbocycles. The van der Waals surface area contributed by atoms with Crippen molar-refractivity contribution in [3.8, 4) is 0 Å². The van der Waals surface area contributed by atoms with Gasteiger partial charge in [0.2, 0.25) is 0 Å². The molecular formula is C58H104N2O8. The number of likely N-dealkylation sites (N-methyl/N-ethyl adjacent to an activating group) is 1. The number of ether oxygens (including phenoxy) is 4. The second kappa shape index (κ2) is 45.2. The van der Waals surface area contributed by atoms with Crippen molar-refractivity contribution in [3.63, 3.8) is 0 Å². The van der Waals surface area contributed by atoms with Gasteiger partial charge in [-0.2, -0.15) is 0 Å². The van der Waals surface area contributed by atoms with Crippen LogP contribution in [0.5, 0.6) is 0 Å². The third-order valence-electron chi connectivity index (χ3n) is 13.2. The van der Waals surface area contributed by atoms with E-state index in [2.05, 4.69) is 86.5 Å². The highest BCUT2D eigenvalue weighted by Crippen LogP contribution is 2.54. The number of allylic oxidation sites excluding steroid dienone is 8. The topological polar surface area (TPSA) is 124 Å². The molecule has 0 aromatic rings. The van der Waals surface area contributed by atoms with Gasteiger partial charge in [0, 0.05) is 25.9 Å². The monoisotopic (exact) mass is 957 g/mol. The lowest BCUT2D eigenvalue weighted by Gasteiger charge is -2.33. The molecule has 2 atom stereocenters. The number of amides is 1. The van der Waals surface area contributed by atoms with E-state index in [-0.39, 0.29) is 25.2 Å². The van der Waals surface area contributed by atoms with Crippen molar-refractivity contribution in [2.45, 2.75) is 258 Å². The van der Waals surface area contributed by atoms with Gasteiger partial charge >= 0.3 is 18.0 Å². The highest BCUT2D eigenvalue weighted by Gasteiger charge is 2.58. The molecule has 68 heavy (non-hydrogen) atoms. The number of hydrogen-bond acceptors (Lipinski definition) is 9. The molecule has 10 nitrogen and oxygen atoms in total. The van der Waals surface area contributed by atoms with Crippen LogP contribution in [0.4, 0.5) is 4.79 Å². The maximum atomic E-state index is 13.1. The summed E-state index contributed by atoms with van der Waals surface area (Å²) in [5.41, 5.74) is -0.783. The minimum atomic E-state index is -1.29. The zero-order valence-corrected chi connectivity index (χ0v) is 44.5. The van der Waals surface area contributed by atoms with Crippen LogP contribution in [0.15, 0.2) is 48.6 Å². The number of esters is 2. The van der Waals surface area contributed by atoms with Crippen LogP contribution in [0.25, 0.3) is 0 Å². The molecule has 0 heterocycles. The van der Waals surface area contributed by atoms with Gasteiger partial charge in [-0.15, -0.1) is 0 Å². The SMILES string of the molecule is CCCCC/C=C\C/C=C\CCCCCCCC(=O)OCC(COC(=O)CCCCCCC/C=C\C/C=C\CCCCC)OC(O)C1(C(CCCCCCCC)OC(=O)NCCN(C)CC)CC1. The Hall–Kier alpha value is -2.95. The van der Waals surface area contributed by atoms with Crippen LogP contribution in [-0.2, 0) is 28.5 Å². The molecule has 394 valence electrons. The number of alkyl carbamates (subject to hydrolysis) is 1. The van der Waals surface area contributed by atoms with E-state index < -0.39 is 30.0 Å². The number of aliphatic hydroxyl groups is 1. The number of aliphatic hydroxyl groups excluding tert-OH is 1. The molecule has 1 fully saturated rings. The first-order valence-electron chi connectivity index (χ1n) is 28.1. The molecule has 1 saturated carbocycles. The third-order valence-corrected chi connectivity index (χ3v) is 13.2. The summed E-state index contributed by atoms with van der Waals surface area (Å²) in [7, 11) is 2.00. The van der Waals surface area contributed by atoms with Crippen LogP contribution < -0.4 is 5.32 Å². The summed E-state index contributed by atoms with van der Waals surface area (Å²) >= 11 is 0. The quantitative estimate of drug-likeness (QED) is 0.0202. The Morgan fingerprint density at radius 2 is 0.985 bits per heavy atom. The van der Waals surface area contributed by atoms with Crippen molar-refractivity contribution in [1.82, 2.24) is 10.2 Å². The van der Waals surface area contributed by atoms with E-state index in [9.17, 15) is 19.5 Å². The normalized spacial score (nSPS) is 14.5. The van der Waals surface area contributed by atoms with E-state index in [4.69, 9.17) is 18.9 Å². The van der Waals surface area contributed by atoms with Crippen LogP contribution in [0.1, 0.15) is 240 Å². The van der Waals surface area contributed by atoms with E-state index >= 15 is 0 Å². The van der Waals surface area contributed by atoms with Crippen LogP contribution in [0.3, 0.4) is 0 Å². The number of nitrogens with zero attached hydrogens (tertiary/aromatic N) is 1. The van der Waals surface area contributed by atoms with Crippen molar-refractivity contribution in [3.05, 3.63) is 48.6 Å². The fourth-order valence-corrected chi connectivity index (χ4v) is 8.25. The molecule has 1 aliphatic rings. The molecule has 2 N–H and O–H groups in total. The fraction of sp³-hybridized carbons (Fsp3) is 0.810. The highest BCUT2D eigenvalue weighted by molar-refractivity contribution is 5.70. The van der Waals surface area contributed by atoms with Crippen molar-refractivity contribution in [2.24, 2.45) is 5.41 Å². The van der Waals surface area contributed by atoms with E-state index in [1.165, 1.54) is 70.6 Å². The van der Waals surface area contributed by atoms with Crippen molar-refractivity contribution in [2.75, 3.05) is 39.9 Å². The van der Waals surface area contributed by atoms with Gasteiger partial charge in [0.1, 0.15) is 25.4 Å². The lowest BCUT2D eigenvalue weighted by molar-refractivity contribution is -0.216. The summed E-state index contributed by atoms with van der Waals surface area (Å²) < 4.78 is 23.7. The zero-order valence-electron chi connectivity index (χ0n) is 44.5. The average molecular weight is 957 g/mol. The van der Waals surface area contributed by atoms with Crippen molar-refractivity contribution >= 4 is 18.0 Å². The van der Waals surface area contributed by atoms with E-state index in [0.717, 1.165) is 116 Å². The van der Waals surface area contributed by atoms with E-state index in [1.54, 1.807) is 0 Å². The minimum absolute atomic E-state index is 0.141. The van der Waals surface area contributed by atoms with Gasteiger partial charge in [0.25, 0.3) is 0 Å². The van der Waals surface area contributed by atoms with E-state index in [1.807, 2.05) is 7.05 Å². The molecule has 1 aliphatic carbocycles. The average Bonchev–Trinajstić information content (AvgIpc) is 4.15. The van der Waals surface area contributed by atoms with Gasteiger partial charge in [-0.3, -0.25) is 9.59 Å². The van der Waals surface area contributed by atoms with Gasteiger partial charge in [0.15, 0.2) is 6.29 Å². The Morgan fingerprint density at radius 3 is 1.44 bits per heavy atom. The third kappa shape index (κ3) is 36.1. The molecule has 0 aliphatic heterocycles. The molecule has 0 aromatic heterocycles. The Kier molecular flexibility index (Phi) is 41.9. The van der Waals surface area contributed by atoms with Crippen molar-refractivity contribution in [1.29, 1.82) is 0 Å². The standard InChI is InChI=1S/C58H104N2O8/c1-6-10-13-16-19-21-23-25-27-29-31-33-35-38-41-44-54(61)65-50-52(51-66-55(62)45-42-39-36-34-32-30-28-26-24-22-20-17-14-11-7-2)67-56(63)58(46-47-58)53(43-40-37-18-15-12-8-3)68-57(64)59-48-49-60(5)9-4/h19-22,25-28,52-53,56,63H,6-18,23-24,29-51H2,1-5H3,(H,59,64)/b21-19-,22-20-,27-25-,28-26-. The summed E-state index contributed by atoms with van der Waals surface area (Å²) in [6.45, 7) is 10.5. The number of hydrogen-bond donors (Lipinski definition) is 2. The maximum absolute atomic E-state index is 13.1. The Balaban J connectivity index is 2.72. The molecule has 1 rings (SSSR count). The number of unbranched alkanes of at least 4 members (excludes halogenated alkanes) is 21. The Morgan fingerprint density at radius 1 is 0.574 bits per heavy atom. The summed E-state index contributed by atoms with van der Waals surface area (Å²) in [5.74, 6) is -0.655.